The number of rotatable bonds is 7. The molecule has 0 heterocycles. The van der Waals surface area contributed by atoms with E-state index in [1.165, 1.54) is 36.0 Å². The molecule has 1 amide bonds. The average Bonchev–Trinajstić information content (AvgIpc) is 2.82. The van der Waals surface area contributed by atoms with Crippen LogP contribution in [0.5, 0.6) is 0 Å². The molecule has 172 valence electrons. The van der Waals surface area contributed by atoms with E-state index in [2.05, 4.69) is 10.0 Å². The van der Waals surface area contributed by atoms with Gasteiger partial charge in [0.2, 0.25) is 0 Å². The Kier molecular flexibility index (Phi) is 7.21. The Morgan fingerprint density at radius 1 is 0.824 bits per heavy atom. The van der Waals surface area contributed by atoms with Crippen LogP contribution in [0.3, 0.4) is 0 Å². The molecular weight excluding hydrogens is 495 g/mol. The Hall–Kier alpha value is -3.33. The molecule has 2 N–H and O–H groups in total. The summed E-state index contributed by atoms with van der Waals surface area (Å²) in [5.41, 5.74) is 0.469. The van der Waals surface area contributed by atoms with Crippen molar-refractivity contribution in [3.8, 4) is 0 Å². The van der Waals surface area contributed by atoms with E-state index in [-0.39, 0.29) is 16.1 Å². The molecule has 0 saturated carbocycles. The highest BCUT2D eigenvalue weighted by atomic mass is 35.5. The topological polar surface area (TPSA) is 75.3 Å². The van der Waals surface area contributed by atoms with Crippen molar-refractivity contribution in [3.63, 3.8) is 0 Å². The number of para-hydroxylation sites is 1. The Morgan fingerprint density at radius 2 is 1.56 bits per heavy atom. The number of carbonyl (C=O) groups is 1. The summed E-state index contributed by atoms with van der Waals surface area (Å²) in [7, 11) is -4.09. The fraction of sp³-hybridized carbons (Fsp3) is 0. The van der Waals surface area contributed by atoms with Crippen LogP contribution in [0.2, 0.25) is 5.02 Å². The van der Waals surface area contributed by atoms with Gasteiger partial charge in [-0.2, -0.15) is 0 Å². The largest absolute Gasteiger partial charge is 0.319 e. The van der Waals surface area contributed by atoms with Crippen LogP contribution in [0.25, 0.3) is 0 Å². The third kappa shape index (κ3) is 5.77. The maximum absolute atomic E-state index is 14.7. The molecule has 4 aromatic rings. The summed E-state index contributed by atoms with van der Waals surface area (Å²) in [4.78, 5) is 13.7. The van der Waals surface area contributed by atoms with Gasteiger partial charge in [0.15, 0.2) is 0 Å². The second kappa shape index (κ2) is 10.3. The fourth-order valence-corrected chi connectivity index (χ4v) is 5.32. The number of sulfonamides is 1. The molecule has 0 saturated heterocycles. The number of carbonyl (C=O) groups excluding carboxylic acids is 1. The lowest BCUT2D eigenvalue weighted by atomic mass is 10.2. The zero-order valence-corrected chi connectivity index (χ0v) is 19.9. The van der Waals surface area contributed by atoms with E-state index in [1.807, 2.05) is 30.3 Å². The summed E-state index contributed by atoms with van der Waals surface area (Å²) in [6, 6.07) is 26.0. The minimum Gasteiger partial charge on any atom is -0.319 e. The smallest absolute Gasteiger partial charge is 0.262 e. The van der Waals surface area contributed by atoms with Crippen LogP contribution < -0.4 is 10.0 Å². The lowest BCUT2D eigenvalue weighted by Crippen LogP contribution is -2.16. The molecule has 0 unspecified atom stereocenters. The van der Waals surface area contributed by atoms with Gasteiger partial charge in [-0.05, 0) is 60.7 Å². The van der Waals surface area contributed by atoms with E-state index in [9.17, 15) is 17.6 Å². The van der Waals surface area contributed by atoms with Gasteiger partial charge in [-0.25, -0.2) is 12.8 Å². The van der Waals surface area contributed by atoms with Crippen LogP contribution in [0.4, 0.5) is 15.8 Å². The minimum atomic E-state index is -4.09. The van der Waals surface area contributed by atoms with Crippen molar-refractivity contribution in [2.24, 2.45) is 0 Å². The zero-order valence-electron chi connectivity index (χ0n) is 17.5. The molecule has 0 aliphatic heterocycles. The van der Waals surface area contributed by atoms with Gasteiger partial charge in [-0.3, -0.25) is 9.52 Å². The fourth-order valence-electron chi connectivity index (χ4n) is 3.05. The van der Waals surface area contributed by atoms with Gasteiger partial charge in [0, 0.05) is 20.4 Å². The minimum absolute atomic E-state index is 0.149. The Balaban J connectivity index is 1.53. The molecule has 4 rings (SSSR count). The molecule has 0 aliphatic rings. The highest BCUT2D eigenvalue weighted by Crippen LogP contribution is 2.34. The summed E-state index contributed by atoms with van der Waals surface area (Å²) < 4.78 is 43.2. The quantitative estimate of drug-likeness (QED) is 0.289. The third-order valence-corrected chi connectivity index (χ3v) is 7.37. The first-order valence-electron chi connectivity index (χ1n) is 10.0. The van der Waals surface area contributed by atoms with E-state index in [0.29, 0.717) is 15.6 Å². The summed E-state index contributed by atoms with van der Waals surface area (Å²) >= 11 is 7.29. The van der Waals surface area contributed by atoms with Crippen LogP contribution in [0.1, 0.15) is 10.4 Å². The highest BCUT2D eigenvalue weighted by molar-refractivity contribution is 7.99. The molecule has 0 fully saturated rings. The maximum Gasteiger partial charge on any atom is 0.262 e. The molecule has 0 bridgehead atoms. The molecule has 34 heavy (non-hydrogen) atoms. The van der Waals surface area contributed by atoms with Crippen LogP contribution >= 0.6 is 23.4 Å². The number of benzene rings is 4. The number of amides is 1. The maximum atomic E-state index is 14.7. The van der Waals surface area contributed by atoms with Crippen molar-refractivity contribution in [2.45, 2.75) is 14.7 Å². The Morgan fingerprint density at radius 3 is 2.29 bits per heavy atom. The monoisotopic (exact) mass is 512 g/mol. The summed E-state index contributed by atoms with van der Waals surface area (Å²) in [6.07, 6.45) is 0. The van der Waals surface area contributed by atoms with Crippen LogP contribution in [-0.4, -0.2) is 14.3 Å². The van der Waals surface area contributed by atoms with Gasteiger partial charge < -0.3 is 5.32 Å². The first-order valence-corrected chi connectivity index (χ1v) is 12.7. The number of hydrogen-bond donors (Lipinski definition) is 2. The molecule has 0 radical (unpaired) electrons. The van der Waals surface area contributed by atoms with Crippen molar-refractivity contribution < 1.29 is 17.6 Å². The first kappa shape index (κ1) is 23.8. The zero-order chi connectivity index (χ0) is 24.1. The normalized spacial score (nSPS) is 11.1. The molecule has 5 nitrogen and oxygen atoms in total. The third-order valence-electron chi connectivity index (χ3n) is 4.69. The summed E-state index contributed by atoms with van der Waals surface area (Å²) in [5.74, 6) is -1.45. The van der Waals surface area contributed by atoms with Crippen LogP contribution in [0, 0.1) is 5.82 Å². The van der Waals surface area contributed by atoms with E-state index in [1.54, 1.807) is 36.4 Å². The van der Waals surface area contributed by atoms with Crippen molar-refractivity contribution in [3.05, 3.63) is 113 Å². The molecule has 0 spiro atoms. The van der Waals surface area contributed by atoms with Crippen LogP contribution in [0.15, 0.2) is 112 Å². The lowest BCUT2D eigenvalue weighted by Gasteiger charge is -2.13. The van der Waals surface area contributed by atoms with Gasteiger partial charge >= 0.3 is 0 Å². The molecule has 4 aromatic carbocycles. The van der Waals surface area contributed by atoms with Gasteiger partial charge in [-0.1, -0.05) is 59.8 Å². The highest BCUT2D eigenvalue weighted by Gasteiger charge is 2.19. The number of anilines is 2. The lowest BCUT2D eigenvalue weighted by molar-refractivity contribution is 0.102. The molecule has 9 heteroatoms. The van der Waals surface area contributed by atoms with Gasteiger partial charge in [0.1, 0.15) is 5.82 Å². The Bertz CT molecular complexity index is 1450. The number of halogens is 2. The average molecular weight is 513 g/mol. The SMILES string of the molecule is O=C(Nc1ccc(S(=O)(=O)Nc2ccccc2Sc2ccccc2)cc1F)c1cccc(Cl)c1. The molecule has 0 aromatic heterocycles. The molecular formula is C25H18ClFN2O3S2. The van der Waals surface area contributed by atoms with Gasteiger partial charge in [-0.15, -0.1) is 0 Å². The number of hydrogen-bond acceptors (Lipinski definition) is 4. The predicted molar refractivity (Wildman–Crippen MR) is 134 cm³/mol. The van der Waals surface area contributed by atoms with Crippen LogP contribution in [-0.2, 0) is 10.0 Å². The second-order valence-corrected chi connectivity index (χ2v) is 10.4. The number of nitrogens with one attached hydrogen (secondary N) is 2. The van der Waals surface area contributed by atoms with E-state index >= 15 is 0 Å². The standard InChI is InChI=1S/C25H18ClFN2O3S2/c26-18-8-6-7-17(15-18)25(30)28-22-14-13-20(16-21(22)27)34(31,32)29-23-11-4-5-12-24(23)33-19-9-2-1-3-10-19/h1-16,29H,(H,28,30). The van der Waals surface area contributed by atoms with Crippen molar-refractivity contribution in [1.82, 2.24) is 0 Å². The first-order chi connectivity index (χ1) is 16.3. The van der Waals surface area contributed by atoms with E-state index in [4.69, 9.17) is 11.6 Å². The molecule has 0 aliphatic carbocycles. The van der Waals surface area contributed by atoms with Gasteiger partial charge in [0.25, 0.3) is 15.9 Å². The molecule has 0 atom stereocenters. The van der Waals surface area contributed by atoms with E-state index in [0.717, 1.165) is 11.0 Å². The predicted octanol–water partition coefficient (Wildman–Crippen LogP) is 6.68. The Labute approximate surface area is 206 Å². The second-order valence-electron chi connectivity index (χ2n) is 7.12. The van der Waals surface area contributed by atoms with E-state index < -0.39 is 21.7 Å². The summed E-state index contributed by atoms with van der Waals surface area (Å²) in [6.45, 7) is 0. The van der Waals surface area contributed by atoms with Crippen molar-refractivity contribution in [2.75, 3.05) is 10.0 Å². The van der Waals surface area contributed by atoms with Crippen molar-refractivity contribution >= 4 is 50.7 Å². The summed E-state index contributed by atoms with van der Waals surface area (Å²) in [5, 5.41) is 2.79. The van der Waals surface area contributed by atoms with Crippen molar-refractivity contribution in [1.29, 1.82) is 0 Å². The van der Waals surface area contributed by atoms with Gasteiger partial charge in [0.05, 0.1) is 16.3 Å².